The molecule has 3 aromatic rings. The number of aliphatic hydroxyl groups is 1. The molecule has 1 aromatic heterocycles. The molecule has 0 aliphatic rings. The second-order valence-electron chi connectivity index (χ2n) is 4.50. The first-order valence-corrected chi connectivity index (χ1v) is 6.84. The molecule has 2 aromatic carbocycles. The molecule has 0 aliphatic heterocycles. The molecule has 18 heavy (non-hydrogen) atoms. The van der Waals surface area contributed by atoms with E-state index < -0.39 is 6.10 Å². The third-order valence-corrected chi connectivity index (χ3v) is 4.14. The highest BCUT2D eigenvalue weighted by Gasteiger charge is 2.14. The second-order valence-corrected chi connectivity index (χ2v) is 5.42. The van der Waals surface area contributed by atoms with Crippen molar-refractivity contribution in [3.63, 3.8) is 0 Å². The molecule has 1 N–H and O–H groups in total. The van der Waals surface area contributed by atoms with Gasteiger partial charge in [0.1, 0.15) is 6.10 Å². The van der Waals surface area contributed by atoms with E-state index in [2.05, 4.69) is 17.5 Å². The van der Waals surface area contributed by atoms with Gasteiger partial charge in [-0.15, -0.1) is 11.3 Å². The minimum atomic E-state index is -0.549. The Morgan fingerprint density at radius 2 is 1.89 bits per heavy atom. The minimum Gasteiger partial charge on any atom is -0.384 e. The molecule has 1 unspecified atom stereocenters. The Labute approximate surface area is 110 Å². The Morgan fingerprint density at radius 1 is 1.06 bits per heavy atom. The van der Waals surface area contributed by atoms with Crippen LogP contribution in [0.3, 0.4) is 0 Å². The van der Waals surface area contributed by atoms with E-state index in [0.717, 1.165) is 11.1 Å². The number of rotatable bonds is 2. The summed E-state index contributed by atoms with van der Waals surface area (Å²) in [6.45, 7) is 2.04. The van der Waals surface area contributed by atoms with E-state index in [9.17, 15) is 5.11 Å². The van der Waals surface area contributed by atoms with Crippen LogP contribution in [0.15, 0.2) is 53.9 Å². The molecule has 0 aliphatic carbocycles. The summed E-state index contributed by atoms with van der Waals surface area (Å²) in [7, 11) is 0. The van der Waals surface area contributed by atoms with Crippen molar-refractivity contribution in [2.75, 3.05) is 0 Å². The fourth-order valence-electron chi connectivity index (χ4n) is 2.25. The third kappa shape index (κ3) is 1.94. The maximum absolute atomic E-state index is 10.5. The summed E-state index contributed by atoms with van der Waals surface area (Å²) in [5, 5.41) is 13.8. The van der Waals surface area contributed by atoms with E-state index in [-0.39, 0.29) is 0 Å². The molecule has 0 saturated heterocycles. The lowest BCUT2D eigenvalue weighted by atomic mass is 9.99. The second kappa shape index (κ2) is 4.56. The first kappa shape index (κ1) is 11.5. The van der Waals surface area contributed by atoms with E-state index in [1.165, 1.54) is 15.6 Å². The Balaban J connectivity index is 2.12. The average Bonchev–Trinajstić information content (AvgIpc) is 2.86. The Bertz CT molecular complexity index is 684. The lowest BCUT2D eigenvalue weighted by Gasteiger charge is -2.13. The normalized spacial score (nSPS) is 12.8. The minimum absolute atomic E-state index is 0.549. The van der Waals surface area contributed by atoms with Crippen LogP contribution in [0.1, 0.15) is 22.8 Å². The van der Waals surface area contributed by atoms with Crippen LogP contribution in [0.2, 0.25) is 0 Å². The van der Waals surface area contributed by atoms with Gasteiger partial charge >= 0.3 is 0 Å². The Kier molecular flexibility index (Phi) is 2.90. The fraction of sp³-hybridized carbons (Fsp3) is 0.125. The molecule has 2 heteroatoms. The largest absolute Gasteiger partial charge is 0.384 e. The zero-order chi connectivity index (χ0) is 12.5. The SMILES string of the molecule is Cc1cccc(C(O)c2cccc3ccsc23)c1. The molecule has 0 saturated carbocycles. The summed E-state index contributed by atoms with van der Waals surface area (Å²) in [4.78, 5) is 0. The van der Waals surface area contributed by atoms with Gasteiger partial charge in [0.2, 0.25) is 0 Å². The van der Waals surface area contributed by atoms with Crippen molar-refractivity contribution in [3.8, 4) is 0 Å². The number of hydrogen-bond donors (Lipinski definition) is 1. The van der Waals surface area contributed by atoms with Crippen molar-refractivity contribution in [2.24, 2.45) is 0 Å². The van der Waals surface area contributed by atoms with E-state index >= 15 is 0 Å². The molecular formula is C16H14OS. The van der Waals surface area contributed by atoms with Gasteiger partial charge in [0.05, 0.1) is 0 Å². The van der Waals surface area contributed by atoms with Crippen LogP contribution >= 0.6 is 11.3 Å². The van der Waals surface area contributed by atoms with Gasteiger partial charge in [-0.2, -0.15) is 0 Å². The summed E-state index contributed by atoms with van der Waals surface area (Å²) in [6, 6.07) is 16.2. The third-order valence-electron chi connectivity index (χ3n) is 3.16. The smallest absolute Gasteiger partial charge is 0.105 e. The van der Waals surface area contributed by atoms with Crippen LogP contribution in [-0.4, -0.2) is 5.11 Å². The Morgan fingerprint density at radius 3 is 2.72 bits per heavy atom. The highest BCUT2D eigenvalue weighted by molar-refractivity contribution is 7.17. The molecule has 0 spiro atoms. The topological polar surface area (TPSA) is 20.2 Å². The monoisotopic (exact) mass is 254 g/mol. The van der Waals surface area contributed by atoms with Crippen LogP contribution in [0, 0.1) is 6.92 Å². The van der Waals surface area contributed by atoms with Gasteiger partial charge in [-0.1, -0.05) is 48.0 Å². The van der Waals surface area contributed by atoms with Gasteiger partial charge in [0.15, 0.2) is 0 Å². The predicted molar refractivity (Wildman–Crippen MR) is 77.1 cm³/mol. The average molecular weight is 254 g/mol. The zero-order valence-corrected chi connectivity index (χ0v) is 10.9. The molecule has 3 rings (SSSR count). The first-order chi connectivity index (χ1) is 8.75. The molecule has 0 bridgehead atoms. The number of thiophene rings is 1. The lowest BCUT2D eigenvalue weighted by Crippen LogP contribution is -1.99. The molecule has 0 amide bonds. The number of aliphatic hydroxyl groups excluding tert-OH is 1. The summed E-state index contributed by atoms with van der Waals surface area (Å²) in [6.07, 6.45) is -0.549. The Hall–Kier alpha value is -1.64. The first-order valence-electron chi connectivity index (χ1n) is 5.96. The van der Waals surface area contributed by atoms with Crippen LogP contribution < -0.4 is 0 Å². The maximum atomic E-state index is 10.5. The molecule has 1 heterocycles. The maximum Gasteiger partial charge on any atom is 0.105 e. The van der Waals surface area contributed by atoms with Crippen LogP contribution in [0.5, 0.6) is 0 Å². The van der Waals surface area contributed by atoms with E-state index in [1.54, 1.807) is 11.3 Å². The van der Waals surface area contributed by atoms with Crippen molar-refractivity contribution < 1.29 is 5.11 Å². The van der Waals surface area contributed by atoms with E-state index in [0.29, 0.717) is 0 Å². The molecule has 1 atom stereocenters. The van der Waals surface area contributed by atoms with E-state index in [4.69, 9.17) is 0 Å². The fourth-order valence-corrected chi connectivity index (χ4v) is 3.19. The van der Waals surface area contributed by atoms with Gasteiger partial charge in [-0.05, 0) is 29.3 Å². The summed E-state index contributed by atoms with van der Waals surface area (Å²) in [5.41, 5.74) is 3.12. The van der Waals surface area contributed by atoms with Crippen LogP contribution in [0.25, 0.3) is 10.1 Å². The van der Waals surface area contributed by atoms with Crippen LogP contribution in [-0.2, 0) is 0 Å². The summed E-state index contributed by atoms with van der Waals surface area (Å²) in [5.74, 6) is 0. The van der Waals surface area contributed by atoms with Gasteiger partial charge in [-0.3, -0.25) is 0 Å². The number of aryl methyl sites for hydroxylation is 1. The molecule has 0 fully saturated rings. The standard InChI is InChI=1S/C16H14OS/c1-11-4-2-6-13(10-11)15(17)14-7-3-5-12-8-9-18-16(12)14/h2-10,15,17H,1H3. The van der Waals surface area contributed by atoms with Gasteiger partial charge in [-0.25, -0.2) is 0 Å². The molecule has 1 nitrogen and oxygen atoms in total. The van der Waals surface area contributed by atoms with Crippen molar-refractivity contribution in [2.45, 2.75) is 13.0 Å². The van der Waals surface area contributed by atoms with Gasteiger partial charge < -0.3 is 5.11 Å². The van der Waals surface area contributed by atoms with Gasteiger partial charge in [0, 0.05) is 10.3 Å². The molecule has 90 valence electrons. The predicted octanol–water partition coefficient (Wildman–Crippen LogP) is 4.29. The van der Waals surface area contributed by atoms with Crippen molar-refractivity contribution >= 4 is 21.4 Å². The summed E-state index contributed by atoms with van der Waals surface area (Å²) >= 11 is 1.68. The van der Waals surface area contributed by atoms with Gasteiger partial charge in [0.25, 0.3) is 0 Å². The lowest BCUT2D eigenvalue weighted by molar-refractivity contribution is 0.222. The highest BCUT2D eigenvalue weighted by Crippen LogP contribution is 2.32. The zero-order valence-electron chi connectivity index (χ0n) is 10.1. The summed E-state index contributed by atoms with van der Waals surface area (Å²) < 4.78 is 1.17. The number of benzene rings is 2. The quantitative estimate of drug-likeness (QED) is 0.723. The van der Waals surface area contributed by atoms with Crippen molar-refractivity contribution in [1.82, 2.24) is 0 Å². The molecule has 0 radical (unpaired) electrons. The molecular weight excluding hydrogens is 240 g/mol. The van der Waals surface area contributed by atoms with Crippen molar-refractivity contribution in [3.05, 3.63) is 70.6 Å². The van der Waals surface area contributed by atoms with Crippen molar-refractivity contribution in [1.29, 1.82) is 0 Å². The number of hydrogen-bond acceptors (Lipinski definition) is 2. The van der Waals surface area contributed by atoms with Crippen LogP contribution in [0.4, 0.5) is 0 Å². The number of fused-ring (bicyclic) bond motifs is 1. The van der Waals surface area contributed by atoms with E-state index in [1.807, 2.05) is 43.3 Å². The highest BCUT2D eigenvalue weighted by atomic mass is 32.1.